The van der Waals surface area contributed by atoms with Crippen LogP contribution in [0.3, 0.4) is 0 Å². The van der Waals surface area contributed by atoms with Gasteiger partial charge in [0, 0.05) is 19.8 Å². The number of phenols is 1. The maximum atomic E-state index is 12.1. The molecule has 0 unspecified atom stereocenters. The van der Waals surface area contributed by atoms with Gasteiger partial charge in [0.25, 0.3) is 5.91 Å². The monoisotopic (exact) mass is 231 g/mol. The normalized spacial score (nSPS) is 10.2. The lowest BCUT2D eigenvalue weighted by molar-refractivity contribution is 0.0985. The molecule has 17 heavy (non-hydrogen) atoms. The zero-order chi connectivity index (χ0) is 12.4. The molecule has 0 aliphatic heterocycles. The third kappa shape index (κ3) is 2.13. The molecule has 0 aliphatic carbocycles. The van der Waals surface area contributed by atoms with Crippen molar-refractivity contribution in [3.63, 3.8) is 0 Å². The summed E-state index contributed by atoms with van der Waals surface area (Å²) in [6, 6.07) is 6.46. The van der Waals surface area contributed by atoms with Gasteiger partial charge in [-0.05, 0) is 24.3 Å². The van der Waals surface area contributed by atoms with E-state index in [2.05, 4.69) is 4.98 Å². The second kappa shape index (κ2) is 4.29. The summed E-state index contributed by atoms with van der Waals surface area (Å²) in [5, 5.41) is 9.19. The van der Waals surface area contributed by atoms with E-state index in [9.17, 15) is 9.90 Å². The molecule has 1 amide bonds. The van der Waals surface area contributed by atoms with E-state index < -0.39 is 0 Å². The van der Waals surface area contributed by atoms with E-state index in [1.165, 1.54) is 11.1 Å². The molecule has 0 aliphatic rings. The van der Waals surface area contributed by atoms with Gasteiger partial charge in [-0.3, -0.25) is 4.79 Å². The van der Waals surface area contributed by atoms with Crippen LogP contribution in [-0.4, -0.2) is 27.6 Å². The number of aromatic nitrogens is 2. The van der Waals surface area contributed by atoms with Crippen LogP contribution < -0.4 is 4.90 Å². The maximum absolute atomic E-state index is 12.1. The number of carbonyl (C=O) groups is 1. The molecule has 0 saturated carbocycles. The maximum Gasteiger partial charge on any atom is 0.276 e. The largest absolute Gasteiger partial charge is 0.508 e. The van der Waals surface area contributed by atoms with Gasteiger partial charge in [0.05, 0.1) is 12.5 Å². The fourth-order valence-corrected chi connectivity index (χ4v) is 1.53. The predicted octanol–water partition coefficient (Wildman–Crippen LogP) is 1.40. The molecule has 0 fully saturated rings. The molecule has 1 aromatic carbocycles. The summed E-state index contributed by atoms with van der Waals surface area (Å²) in [7, 11) is 3.45. The number of hydrogen-bond donors (Lipinski definition) is 1. The summed E-state index contributed by atoms with van der Waals surface area (Å²) in [6.07, 6.45) is 3.11. The van der Waals surface area contributed by atoms with Crippen molar-refractivity contribution in [3.8, 4) is 5.75 Å². The van der Waals surface area contributed by atoms with E-state index in [1.807, 2.05) is 0 Å². The number of hydrogen-bond acceptors (Lipinski definition) is 3. The highest BCUT2D eigenvalue weighted by atomic mass is 16.3. The Morgan fingerprint density at radius 1 is 1.35 bits per heavy atom. The zero-order valence-corrected chi connectivity index (χ0v) is 9.66. The summed E-state index contributed by atoms with van der Waals surface area (Å²) in [6.45, 7) is 0. The summed E-state index contributed by atoms with van der Waals surface area (Å²) in [5.74, 6) is 0.0332. The number of imidazole rings is 1. The third-order valence-corrected chi connectivity index (χ3v) is 2.58. The van der Waals surface area contributed by atoms with Crippen LogP contribution in [0.25, 0.3) is 0 Å². The molecule has 2 rings (SSSR count). The van der Waals surface area contributed by atoms with Crippen LogP contribution in [0.2, 0.25) is 0 Å². The Balaban J connectivity index is 2.26. The summed E-state index contributed by atoms with van der Waals surface area (Å²) < 4.78 is 1.67. The fourth-order valence-electron chi connectivity index (χ4n) is 1.53. The van der Waals surface area contributed by atoms with Crippen molar-refractivity contribution in [2.75, 3.05) is 11.9 Å². The Labute approximate surface area is 98.9 Å². The van der Waals surface area contributed by atoms with Crippen LogP contribution in [-0.2, 0) is 7.05 Å². The summed E-state index contributed by atoms with van der Waals surface area (Å²) >= 11 is 0. The Kier molecular flexibility index (Phi) is 2.82. The Bertz CT molecular complexity index is 531. The molecule has 88 valence electrons. The highest BCUT2D eigenvalue weighted by molar-refractivity contribution is 6.04. The second-order valence-electron chi connectivity index (χ2n) is 3.77. The molecule has 0 atom stereocenters. The highest BCUT2D eigenvalue weighted by Crippen LogP contribution is 2.18. The SMILES string of the molecule is CN(C(=O)c1cncn1C)c1ccc(O)cc1. The van der Waals surface area contributed by atoms with Crippen molar-refractivity contribution in [1.29, 1.82) is 0 Å². The molecule has 1 aromatic heterocycles. The van der Waals surface area contributed by atoms with Crippen molar-refractivity contribution < 1.29 is 9.90 Å². The first-order chi connectivity index (χ1) is 8.09. The van der Waals surface area contributed by atoms with Gasteiger partial charge in [0.15, 0.2) is 0 Å². The van der Waals surface area contributed by atoms with Gasteiger partial charge in [0.1, 0.15) is 11.4 Å². The molecule has 0 saturated heterocycles. The lowest BCUT2D eigenvalue weighted by atomic mass is 10.2. The molecule has 0 bridgehead atoms. The first kappa shape index (κ1) is 11.2. The molecule has 1 heterocycles. The van der Waals surface area contributed by atoms with E-state index in [4.69, 9.17) is 0 Å². The standard InChI is InChI=1S/C12H13N3O2/c1-14-8-13-7-11(14)12(17)15(2)9-3-5-10(16)6-4-9/h3-8,16H,1-2H3. The van der Waals surface area contributed by atoms with Gasteiger partial charge in [-0.25, -0.2) is 4.98 Å². The number of phenolic OH excluding ortho intramolecular Hbond substituents is 1. The first-order valence-corrected chi connectivity index (χ1v) is 5.13. The van der Waals surface area contributed by atoms with Crippen LogP contribution in [0.15, 0.2) is 36.8 Å². The molecule has 0 spiro atoms. The van der Waals surface area contributed by atoms with Crippen molar-refractivity contribution in [1.82, 2.24) is 9.55 Å². The van der Waals surface area contributed by atoms with Gasteiger partial charge in [-0.2, -0.15) is 0 Å². The van der Waals surface area contributed by atoms with Gasteiger partial charge in [-0.15, -0.1) is 0 Å². The van der Waals surface area contributed by atoms with Crippen molar-refractivity contribution in [2.24, 2.45) is 7.05 Å². The van der Waals surface area contributed by atoms with Crippen molar-refractivity contribution >= 4 is 11.6 Å². The summed E-state index contributed by atoms with van der Waals surface area (Å²) in [4.78, 5) is 17.5. The van der Waals surface area contributed by atoms with Crippen LogP contribution >= 0.6 is 0 Å². The molecule has 5 nitrogen and oxygen atoms in total. The van der Waals surface area contributed by atoms with Crippen LogP contribution in [0.1, 0.15) is 10.5 Å². The number of rotatable bonds is 2. The number of benzene rings is 1. The zero-order valence-electron chi connectivity index (χ0n) is 9.66. The highest BCUT2D eigenvalue weighted by Gasteiger charge is 2.16. The minimum absolute atomic E-state index is 0.143. The van der Waals surface area contributed by atoms with Crippen LogP contribution in [0.4, 0.5) is 5.69 Å². The van der Waals surface area contributed by atoms with E-state index in [0.29, 0.717) is 11.4 Å². The van der Waals surface area contributed by atoms with Gasteiger partial charge < -0.3 is 14.6 Å². The smallest absolute Gasteiger partial charge is 0.276 e. The number of nitrogens with zero attached hydrogens (tertiary/aromatic N) is 3. The van der Waals surface area contributed by atoms with Crippen LogP contribution in [0.5, 0.6) is 5.75 Å². The third-order valence-electron chi connectivity index (χ3n) is 2.58. The molecular weight excluding hydrogens is 218 g/mol. The van der Waals surface area contributed by atoms with E-state index in [0.717, 1.165) is 0 Å². The van der Waals surface area contributed by atoms with Gasteiger partial charge >= 0.3 is 0 Å². The minimum Gasteiger partial charge on any atom is -0.508 e. The Morgan fingerprint density at radius 2 is 2.00 bits per heavy atom. The van der Waals surface area contributed by atoms with Gasteiger partial charge in [0.2, 0.25) is 0 Å². The molecule has 0 radical (unpaired) electrons. The average Bonchev–Trinajstić information content (AvgIpc) is 2.74. The predicted molar refractivity (Wildman–Crippen MR) is 64.0 cm³/mol. The quantitative estimate of drug-likeness (QED) is 0.850. The van der Waals surface area contributed by atoms with E-state index >= 15 is 0 Å². The van der Waals surface area contributed by atoms with E-state index in [-0.39, 0.29) is 11.7 Å². The first-order valence-electron chi connectivity index (χ1n) is 5.13. The van der Waals surface area contributed by atoms with Gasteiger partial charge in [-0.1, -0.05) is 0 Å². The van der Waals surface area contributed by atoms with Crippen molar-refractivity contribution in [2.45, 2.75) is 0 Å². The summed E-state index contributed by atoms with van der Waals surface area (Å²) in [5.41, 5.74) is 1.23. The molecular formula is C12H13N3O2. The minimum atomic E-state index is -0.143. The topological polar surface area (TPSA) is 58.4 Å². The number of anilines is 1. The molecule has 5 heteroatoms. The number of aryl methyl sites for hydroxylation is 1. The number of carbonyl (C=O) groups excluding carboxylic acids is 1. The Hall–Kier alpha value is -2.30. The molecule has 1 N–H and O–H groups in total. The van der Waals surface area contributed by atoms with E-state index in [1.54, 1.807) is 49.3 Å². The number of amides is 1. The van der Waals surface area contributed by atoms with Crippen molar-refractivity contribution in [3.05, 3.63) is 42.5 Å². The van der Waals surface area contributed by atoms with Crippen LogP contribution in [0, 0.1) is 0 Å². The Morgan fingerprint density at radius 3 is 2.53 bits per heavy atom. The lowest BCUT2D eigenvalue weighted by Gasteiger charge is -2.17. The fraction of sp³-hybridized carbons (Fsp3) is 0.167. The lowest BCUT2D eigenvalue weighted by Crippen LogP contribution is -2.27. The molecule has 2 aromatic rings. The second-order valence-corrected chi connectivity index (χ2v) is 3.77. The number of aromatic hydroxyl groups is 1. The average molecular weight is 231 g/mol.